The molecule has 1 saturated carbocycles. The monoisotopic (exact) mass is 683 g/mol. The van der Waals surface area contributed by atoms with Crippen LogP contribution in [-0.2, 0) is 32.5 Å². The number of carbonyl (C=O) groups excluding carboxylic acids is 2. The highest BCUT2D eigenvalue weighted by Gasteiger charge is 2.30. The number of nitrogens with one attached hydrogen (secondary N) is 2. The lowest BCUT2D eigenvalue weighted by Crippen LogP contribution is -2.36. The van der Waals surface area contributed by atoms with Crippen molar-refractivity contribution in [3.05, 3.63) is 93.4 Å². The first-order valence-corrected chi connectivity index (χ1v) is 17.0. The van der Waals surface area contributed by atoms with Gasteiger partial charge in [-0.05, 0) is 75.9 Å². The van der Waals surface area contributed by atoms with E-state index in [4.69, 9.17) is 16.3 Å². The third-order valence-electron chi connectivity index (χ3n) is 7.29. The number of amides is 2. The molecule has 0 atom stereocenters. The van der Waals surface area contributed by atoms with Crippen LogP contribution in [0.3, 0.4) is 0 Å². The maximum absolute atomic E-state index is 15.7. The van der Waals surface area contributed by atoms with Gasteiger partial charge in [-0.3, -0.25) is 9.36 Å². The van der Waals surface area contributed by atoms with Crippen molar-refractivity contribution in [2.24, 2.45) is 5.92 Å². The van der Waals surface area contributed by atoms with Gasteiger partial charge in [0.1, 0.15) is 17.2 Å². The minimum absolute atomic E-state index is 0.0136. The summed E-state index contributed by atoms with van der Waals surface area (Å²) in [5.74, 6) is -0.379. The molecule has 4 aromatic rings. The second kappa shape index (κ2) is 13.3. The summed E-state index contributed by atoms with van der Waals surface area (Å²) < 4.78 is 51.4. The van der Waals surface area contributed by atoms with Crippen molar-refractivity contribution < 1.29 is 27.1 Å². The average molecular weight is 684 g/mol. The van der Waals surface area contributed by atoms with E-state index in [-0.39, 0.29) is 50.7 Å². The maximum Gasteiger partial charge on any atom is 0.421 e. The highest BCUT2D eigenvalue weighted by Crippen LogP contribution is 2.32. The number of hydrogen-bond donors (Lipinski definition) is 2. The van der Waals surface area contributed by atoms with Crippen LogP contribution in [-0.4, -0.2) is 40.4 Å². The summed E-state index contributed by atoms with van der Waals surface area (Å²) in [4.78, 5) is 38.0. The molecular weight excluding hydrogens is 649 g/mol. The van der Waals surface area contributed by atoms with E-state index in [1.54, 1.807) is 45.0 Å². The predicted molar refractivity (Wildman–Crippen MR) is 176 cm³/mol. The molecule has 2 N–H and O–H groups in total. The Kier molecular flexibility index (Phi) is 9.60. The zero-order valence-corrected chi connectivity index (χ0v) is 27.9. The number of aromatic nitrogens is 3. The van der Waals surface area contributed by atoms with Gasteiger partial charge in [-0.25, -0.2) is 27.1 Å². The third-order valence-corrected chi connectivity index (χ3v) is 8.98. The molecule has 2 amide bonds. The van der Waals surface area contributed by atoms with E-state index in [0.717, 1.165) is 17.5 Å². The van der Waals surface area contributed by atoms with E-state index in [1.807, 2.05) is 11.6 Å². The van der Waals surface area contributed by atoms with Gasteiger partial charge in [0.15, 0.2) is 0 Å². The molecule has 248 valence electrons. The third kappa shape index (κ3) is 7.91. The molecule has 5 rings (SSSR count). The molecule has 0 bridgehead atoms. The Labute approximate surface area is 276 Å². The fourth-order valence-corrected chi connectivity index (χ4v) is 6.22. The van der Waals surface area contributed by atoms with Crippen LogP contribution in [0.5, 0.6) is 0 Å². The van der Waals surface area contributed by atoms with Crippen LogP contribution >= 0.6 is 11.6 Å². The molecule has 11 nitrogen and oxygen atoms in total. The van der Waals surface area contributed by atoms with Gasteiger partial charge in [0, 0.05) is 29.2 Å². The second-order valence-electron chi connectivity index (χ2n) is 12.3. The molecule has 47 heavy (non-hydrogen) atoms. The van der Waals surface area contributed by atoms with Crippen molar-refractivity contribution in [2.75, 3.05) is 5.32 Å². The van der Waals surface area contributed by atoms with Gasteiger partial charge < -0.3 is 10.1 Å². The largest absolute Gasteiger partial charge is 0.443 e. The Hall–Kier alpha value is -4.49. The molecule has 0 radical (unpaired) electrons. The first-order valence-electron chi connectivity index (χ1n) is 15.1. The summed E-state index contributed by atoms with van der Waals surface area (Å²) in [5.41, 5.74) is -0.151. The average Bonchev–Trinajstić information content (AvgIpc) is 3.80. The van der Waals surface area contributed by atoms with E-state index in [9.17, 15) is 22.8 Å². The van der Waals surface area contributed by atoms with Crippen LogP contribution in [0.15, 0.2) is 70.4 Å². The van der Waals surface area contributed by atoms with Gasteiger partial charge in [0.05, 0.1) is 22.2 Å². The molecule has 1 fully saturated rings. The van der Waals surface area contributed by atoms with Crippen molar-refractivity contribution in [3.63, 3.8) is 0 Å². The first kappa shape index (κ1) is 33.9. The molecule has 1 aliphatic rings. The predicted octanol–water partition coefficient (Wildman–Crippen LogP) is 6.06. The molecule has 0 aliphatic heterocycles. The van der Waals surface area contributed by atoms with Crippen LogP contribution in [0.1, 0.15) is 58.3 Å². The number of aryl methyl sites for hydroxylation is 1. The maximum atomic E-state index is 15.7. The zero-order valence-electron chi connectivity index (χ0n) is 26.3. The topological polar surface area (TPSA) is 141 Å². The lowest BCUT2D eigenvalue weighted by Gasteiger charge is -2.20. The fourth-order valence-electron chi connectivity index (χ4n) is 4.92. The normalized spacial score (nSPS) is 13.3. The van der Waals surface area contributed by atoms with E-state index in [1.165, 1.54) is 41.0 Å². The molecule has 1 aliphatic carbocycles. The summed E-state index contributed by atoms with van der Waals surface area (Å²) in [7, 11) is -4.38. The number of nitrogens with zero attached hydrogens (tertiary/aromatic N) is 3. The van der Waals surface area contributed by atoms with E-state index < -0.39 is 33.2 Å². The number of benzene rings is 3. The molecular formula is C33H35ClFN5O6S. The summed E-state index contributed by atoms with van der Waals surface area (Å²) in [5, 5.41) is 7.60. The molecule has 0 spiro atoms. The Morgan fingerprint density at radius 3 is 2.47 bits per heavy atom. The number of carbonyl (C=O) groups is 2. The van der Waals surface area contributed by atoms with Crippen molar-refractivity contribution in [1.29, 1.82) is 0 Å². The highest BCUT2D eigenvalue weighted by molar-refractivity contribution is 7.90. The summed E-state index contributed by atoms with van der Waals surface area (Å²) in [6.45, 7) is 6.58. The van der Waals surface area contributed by atoms with Gasteiger partial charge in [-0.1, -0.05) is 48.9 Å². The van der Waals surface area contributed by atoms with Gasteiger partial charge in [-0.2, -0.15) is 4.68 Å². The molecule has 0 unspecified atom stereocenters. The summed E-state index contributed by atoms with van der Waals surface area (Å²) in [6, 6.07) is 14.9. The summed E-state index contributed by atoms with van der Waals surface area (Å²) in [6.07, 6.45) is 1.62. The van der Waals surface area contributed by atoms with Gasteiger partial charge in [-0.15, -0.1) is 5.10 Å². The number of halogens is 2. The second-order valence-corrected chi connectivity index (χ2v) is 14.3. The van der Waals surface area contributed by atoms with Gasteiger partial charge in [0.2, 0.25) is 5.91 Å². The minimum Gasteiger partial charge on any atom is -0.443 e. The number of hydrogen-bond acceptors (Lipinski definition) is 7. The fraction of sp³-hybridized carbons (Fsp3) is 0.333. The van der Waals surface area contributed by atoms with Crippen LogP contribution in [0.25, 0.3) is 16.8 Å². The Morgan fingerprint density at radius 1 is 1.09 bits per heavy atom. The number of sulfonamides is 1. The first-order chi connectivity index (χ1) is 22.2. The molecule has 1 heterocycles. The van der Waals surface area contributed by atoms with Crippen molar-refractivity contribution in [2.45, 2.75) is 70.4 Å². The minimum atomic E-state index is -4.38. The molecule has 14 heteroatoms. The number of rotatable bonds is 10. The van der Waals surface area contributed by atoms with E-state index >= 15 is 4.39 Å². The highest BCUT2D eigenvalue weighted by atomic mass is 35.5. The van der Waals surface area contributed by atoms with Gasteiger partial charge in [0.25, 0.3) is 10.0 Å². The van der Waals surface area contributed by atoms with Crippen LogP contribution < -0.4 is 15.7 Å². The molecule has 0 saturated heterocycles. The smallest absolute Gasteiger partial charge is 0.421 e. The molecule has 3 aromatic carbocycles. The SMILES string of the molecule is CCCc1nn(-c2cc(NC(=O)C3CC3)ccc2Cl)c(=O)n1Cc1ccc(-c2ccccc2S(=O)(=O)NC(=O)OC(C)(C)C)cc1F. The van der Waals surface area contributed by atoms with E-state index in [0.29, 0.717) is 24.4 Å². The van der Waals surface area contributed by atoms with Crippen LogP contribution in [0, 0.1) is 11.7 Å². The van der Waals surface area contributed by atoms with Crippen LogP contribution in [0.4, 0.5) is 14.9 Å². The standard InChI is InChI=1S/C33H35ClFN5O6S/c1-5-8-29-37-40(27-18-23(15-16-25(27)34)36-30(41)20-11-12-20)32(43)39(29)19-22-14-13-21(17-26(22)35)24-9-6-7-10-28(24)47(44,45)38-31(42)46-33(2,3)4/h6-7,9-10,13-18,20H,5,8,11-12,19H2,1-4H3,(H,36,41)(H,38,42). The van der Waals surface area contributed by atoms with Crippen molar-refractivity contribution in [3.8, 4) is 16.8 Å². The van der Waals surface area contributed by atoms with Crippen LogP contribution in [0.2, 0.25) is 5.02 Å². The Balaban J connectivity index is 1.45. The van der Waals surface area contributed by atoms with Gasteiger partial charge >= 0.3 is 11.8 Å². The summed E-state index contributed by atoms with van der Waals surface area (Å²) >= 11 is 6.46. The zero-order chi connectivity index (χ0) is 34.1. The molecule has 1 aromatic heterocycles. The number of ether oxygens (including phenoxy) is 1. The van der Waals surface area contributed by atoms with E-state index in [2.05, 4.69) is 10.4 Å². The quantitative estimate of drug-likeness (QED) is 0.207. The van der Waals surface area contributed by atoms with Crippen molar-refractivity contribution >= 4 is 39.3 Å². The lowest BCUT2D eigenvalue weighted by atomic mass is 10.0. The number of anilines is 1. The Morgan fingerprint density at radius 2 is 1.81 bits per heavy atom. The van der Waals surface area contributed by atoms with Crippen molar-refractivity contribution in [1.82, 2.24) is 19.1 Å². The Bertz CT molecular complexity index is 2010. The lowest BCUT2D eigenvalue weighted by molar-refractivity contribution is -0.117.